The molecular formula is C13H18N2O. The number of nitrogens with zero attached hydrogens (tertiary/aromatic N) is 1. The van der Waals surface area contributed by atoms with E-state index in [1.807, 2.05) is 6.20 Å². The minimum Gasteiger partial charge on any atom is -0.367 e. The molecule has 1 aromatic rings. The van der Waals surface area contributed by atoms with Crippen molar-refractivity contribution >= 4 is 5.88 Å². The SMILES string of the molecule is Nc1oncc1C1C2CC3CC(C2)CC1C3. The molecule has 0 spiro atoms. The molecule has 4 aliphatic rings. The lowest BCUT2D eigenvalue weighted by atomic mass is 9.51. The summed E-state index contributed by atoms with van der Waals surface area (Å²) >= 11 is 0. The molecule has 4 fully saturated rings. The number of nitrogen functional groups attached to an aromatic ring is 1. The third-order valence-corrected chi connectivity index (χ3v) is 5.21. The molecule has 4 bridgehead atoms. The van der Waals surface area contributed by atoms with Crippen LogP contribution in [0.15, 0.2) is 10.7 Å². The zero-order chi connectivity index (χ0) is 10.7. The van der Waals surface area contributed by atoms with Gasteiger partial charge in [0, 0.05) is 5.56 Å². The van der Waals surface area contributed by atoms with Crippen molar-refractivity contribution in [2.45, 2.75) is 38.0 Å². The van der Waals surface area contributed by atoms with Crippen LogP contribution in [-0.4, -0.2) is 5.16 Å². The van der Waals surface area contributed by atoms with Crippen LogP contribution in [-0.2, 0) is 0 Å². The van der Waals surface area contributed by atoms with E-state index in [0.29, 0.717) is 11.8 Å². The summed E-state index contributed by atoms with van der Waals surface area (Å²) in [5.41, 5.74) is 7.09. The fraction of sp³-hybridized carbons (Fsp3) is 0.769. The lowest BCUT2D eigenvalue weighted by Crippen LogP contribution is -2.43. The van der Waals surface area contributed by atoms with Crippen molar-refractivity contribution in [2.75, 3.05) is 5.73 Å². The molecule has 0 aliphatic heterocycles. The minimum absolute atomic E-state index is 0.567. The molecule has 16 heavy (non-hydrogen) atoms. The Bertz CT molecular complexity index is 384. The standard InChI is InChI=1S/C13H18N2O/c14-13-11(6-15-16-13)12-9-2-7-1-8(4-9)5-10(12)3-7/h6-10,12H,1-5,14H2. The normalized spacial score (nSPS) is 45.1. The first-order valence-electron chi connectivity index (χ1n) is 6.51. The lowest BCUT2D eigenvalue weighted by molar-refractivity contribution is -0.00266. The van der Waals surface area contributed by atoms with Crippen LogP contribution in [0, 0.1) is 23.7 Å². The Labute approximate surface area is 95.4 Å². The van der Waals surface area contributed by atoms with Gasteiger partial charge in [0.05, 0.1) is 6.20 Å². The number of aromatic nitrogens is 1. The molecule has 1 heterocycles. The Kier molecular flexibility index (Phi) is 1.72. The molecule has 86 valence electrons. The van der Waals surface area contributed by atoms with Gasteiger partial charge in [-0.15, -0.1) is 0 Å². The van der Waals surface area contributed by atoms with Gasteiger partial charge in [-0.05, 0) is 61.7 Å². The highest BCUT2D eigenvalue weighted by Crippen LogP contribution is 2.60. The average molecular weight is 218 g/mol. The summed E-state index contributed by atoms with van der Waals surface area (Å²) in [6.45, 7) is 0. The van der Waals surface area contributed by atoms with E-state index in [1.54, 1.807) is 0 Å². The van der Waals surface area contributed by atoms with E-state index in [4.69, 9.17) is 10.3 Å². The Morgan fingerprint density at radius 1 is 1.06 bits per heavy atom. The number of rotatable bonds is 1. The molecule has 0 saturated heterocycles. The number of hydrogen-bond acceptors (Lipinski definition) is 3. The summed E-state index contributed by atoms with van der Waals surface area (Å²) in [5.74, 6) is 4.96. The molecule has 0 radical (unpaired) electrons. The largest absolute Gasteiger partial charge is 0.367 e. The van der Waals surface area contributed by atoms with Gasteiger partial charge < -0.3 is 10.3 Å². The first-order chi connectivity index (χ1) is 7.81. The Balaban J connectivity index is 1.72. The molecule has 0 unspecified atom stereocenters. The van der Waals surface area contributed by atoms with Crippen LogP contribution in [0.3, 0.4) is 0 Å². The summed E-state index contributed by atoms with van der Waals surface area (Å²) in [6, 6.07) is 0. The third kappa shape index (κ3) is 1.12. The number of hydrogen-bond donors (Lipinski definition) is 1. The molecule has 0 atom stereocenters. The van der Waals surface area contributed by atoms with Crippen LogP contribution in [0.1, 0.15) is 43.6 Å². The summed E-state index contributed by atoms with van der Waals surface area (Å²) in [4.78, 5) is 0. The summed E-state index contributed by atoms with van der Waals surface area (Å²) < 4.78 is 5.05. The predicted octanol–water partition coefficient (Wildman–Crippen LogP) is 2.80. The highest BCUT2D eigenvalue weighted by atomic mass is 16.5. The fourth-order valence-corrected chi connectivity index (χ4v) is 4.94. The predicted molar refractivity (Wildman–Crippen MR) is 60.7 cm³/mol. The zero-order valence-corrected chi connectivity index (χ0v) is 9.43. The Morgan fingerprint density at radius 3 is 2.19 bits per heavy atom. The second-order valence-corrected chi connectivity index (χ2v) is 6.10. The second-order valence-electron chi connectivity index (χ2n) is 6.10. The molecule has 1 aromatic heterocycles. The fourth-order valence-electron chi connectivity index (χ4n) is 4.94. The van der Waals surface area contributed by atoms with Crippen LogP contribution in [0.4, 0.5) is 5.88 Å². The van der Waals surface area contributed by atoms with E-state index in [-0.39, 0.29) is 0 Å². The first kappa shape index (κ1) is 9.08. The molecule has 3 heteroatoms. The maximum Gasteiger partial charge on any atom is 0.225 e. The van der Waals surface area contributed by atoms with Crippen LogP contribution in [0.5, 0.6) is 0 Å². The molecular weight excluding hydrogens is 200 g/mol. The Hall–Kier alpha value is -0.990. The number of nitrogens with two attached hydrogens (primary N) is 1. The summed E-state index contributed by atoms with van der Waals surface area (Å²) in [5, 5.41) is 3.85. The second kappa shape index (κ2) is 3.02. The number of anilines is 1. The lowest BCUT2D eigenvalue weighted by Gasteiger charge is -2.54. The quantitative estimate of drug-likeness (QED) is 0.788. The van der Waals surface area contributed by atoms with Crippen molar-refractivity contribution in [2.24, 2.45) is 23.7 Å². The zero-order valence-electron chi connectivity index (χ0n) is 9.43. The van der Waals surface area contributed by atoms with Gasteiger partial charge in [0.15, 0.2) is 0 Å². The maximum absolute atomic E-state index is 5.89. The molecule has 3 nitrogen and oxygen atoms in total. The van der Waals surface area contributed by atoms with Crippen molar-refractivity contribution in [1.29, 1.82) is 0 Å². The smallest absolute Gasteiger partial charge is 0.225 e. The van der Waals surface area contributed by atoms with Crippen molar-refractivity contribution in [3.05, 3.63) is 11.8 Å². The average Bonchev–Trinajstić information content (AvgIpc) is 2.63. The van der Waals surface area contributed by atoms with Crippen LogP contribution >= 0.6 is 0 Å². The van der Waals surface area contributed by atoms with Crippen molar-refractivity contribution < 1.29 is 4.52 Å². The van der Waals surface area contributed by atoms with E-state index < -0.39 is 0 Å². The van der Waals surface area contributed by atoms with Crippen LogP contribution < -0.4 is 5.73 Å². The van der Waals surface area contributed by atoms with Gasteiger partial charge in [-0.25, -0.2) is 0 Å². The van der Waals surface area contributed by atoms with Crippen LogP contribution in [0.2, 0.25) is 0 Å². The minimum atomic E-state index is 0.567. The van der Waals surface area contributed by atoms with Gasteiger partial charge in [0.25, 0.3) is 0 Å². The first-order valence-corrected chi connectivity index (χ1v) is 6.51. The van der Waals surface area contributed by atoms with E-state index in [9.17, 15) is 0 Å². The van der Waals surface area contributed by atoms with Crippen LogP contribution in [0.25, 0.3) is 0 Å². The van der Waals surface area contributed by atoms with Crippen molar-refractivity contribution in [1.82, 2.24) is 5.16 Å². The molecule has 0 amide bonds. The van der Waals surface area contributed by atoms with E-state index in [0.717, 1.165) is 23.7 Å². The van der Waals surface area contributed by atoms with E-state index in [1.165, 1.54) is 37.7 Å². The van der Waals surface area contributed by atoms with Crippen molar-refractivity contribution in [3.8, 4) is 0 Å². The summed E-state index contributed by atoms with van der Waals surface area (Å²) in [6.07, 6.45) is 9.04. The molecule has 0 aromatic carbocycles. The Morgan fingerprint density at radius 2 is 1.69 bits per heavy atom. The topological polar surface area (TPSA) is 52.0 Å². The van der Waals surface area contributed by atoms with Gasteiger partial charge >= 0.3 is 0 Å². The highest BCUT2D eigenvalue weighted by molar-refractivity contribution is 5.38. The van der Waals surface area contributed by atoms with Gasteiger partial charge in [-0.3, -0.25) is 0 Å². The monoisotopic (exact) mass is 218 g/mol. The van der Waals surface area contributed by atoms with Gasteiger partial charge in [-0.1, -0.05) is 5.16 Å². The van der Waals surface area contributed by atoms with E-state index in [2.05, 4.69) is 5.16 Å². The molecule has 4 aliphatic carbocycles. The van der Waals surface area contributed by atoms with Crippen molar-refractivity contribution in [3.63, 3.8) is 0 Å². The molecule has 2 N–H and O–H groups in total. The van der Waals surface area contributed by atoms with Gasteiger partial charge in [0.1, 0.15) is 0 Å². The molecule has 5 rings (SSSR count). The maximum atomic E-state index is 5.89. The third-order valence-electron chi connectivity index (χ3n) is 5.21. The van der Waals surface area contributed by atoms with E-state index >= 15 is 0 Å². The van der Waals surface area contributed by atoms with Gasteiger partial charge in [-0.2, -0.15) is 0 Å². The molecule has 4 saturated carbocycles. The summed E-state index contributed by atoms with van der Waals surface area (Å²) in [7, 11) is 0. The van der Waals surface area contributed by atoms with Gasteiger partial charge in [0.2, 0.25) is 5.88 Å². The highest BCUT2D eigenvalue weighted by Gasteiger charge is 2.49.